The largest absolute Gasteiger partial charge is 0.434 e. The van der Waals surface area contributed by atoms with Crippen molar-refractivity contribution < 1.29 is 17.4 Å². The highest BCUT2D eigenvalue weighted by Gasteiger charge is 2.38. The lowest BCUT2D eigenvalue weighted by Crippen LogP contribution is -2.28. The Balaban J connectivity index is 3.28. The van der Waals surface area contributed by atoms with Crippen LogP contribution < -0.4 is 0 Å². The number of benzene rings is 1. The van der Waals surface area contributed by atoms with Crippen LogP contribution in [0.5, 0.6) is 0 Å². The Morgan fingerprint density at radius 1 is 1.16 bits per heavy atom. The van der Waals surface area contributed by atoms with Crippen molar-refractivity contribution >= 4 is 28.3 Å². The Labute approximate surface area is 117 Å². The molecule has 1 unspecified atom stereocenters. The fraction of sp³-hybridized carbons (Fsp3) is 0.417. The maximum absolute atomic E-state index is 13.0. The number of nitrogens with zero attached hydrogens (tertiary/aromatic N) is 1. The van der Waals surface area contributed by atoms with Crippen LogP contribution in [0.3, 0.4) is 0 Å². The van der Waals surface area contributed by atoms with Crippen molar-refractivity contribution in [3.8, 4) is 0 Å². The molecule has 0 N–H and O–H groups in total. The summed E-state index contributed by atoms with van der Waals surface area (Å²) in [4.78, 5) is 0. The first-order valence-electron chi connectivity index (χ1n) is 5.35. The van der Waals surface area contributed by atoms with Gasteiger partial charge in [0.2, 0.25) is 0 Å². The van der Waals surface area contributed by atoms with Crippen LogP contribution in [0.1, 0.15) is 26.3 Å². The lowest BCUT2D eigenvalue weighted by Gasteiger charge is -2.16. The van der Waals surface area contributed by atoms with E-state index in [-0.39, 0.29) is 5.56 Å². The van der Waals surface area contributed by atoms with E-state index in [1.807, 2.05) is 0 Å². The van der Waals surface area contributed by atoms with Crippen molar-refractivity contribution in [2.24, 2.45) is 4.40 Å². The molecule has 1 aromatic carbocycles. The topological polar surface area (TPSA) is 29.4 Å². The van der Waals surface area contributed by atoms with E-state index < -0.39 is 27.6 Å². The summed E-state index contributed by atoms with van der Waals surface area (Å²) in [5.41, 5.74) is -1.31. The summed E-state index contributed by atoms with van der Waals surface area (Å²) in [5, 5.41) is 0.321. The minimum absolute atomic E-state index is 0.158. The molecule has 0 bridgehead atoms. The van der Waals surface area contributed by atoms with Crippen LogP contribution in [0.4, 0.5) is 13.2 Å². The van der Waals surface area contributed by atoms with Crippen LogP contribution >= 0.6 is 11.6 Å². The molecule has 1 aromatic rings. The summed E-state index contributed by atoms with van der Waals surface area (Å²) in [7, 11) is -1.98. The number of hydrogen-bond donors (Lipinski definition) is 0. The zero-order valence-electron chi connectivity index (χ0n) is 10.6. The van der Waals surface area contributed by atoms with E-state index in [2.05, 4.69) is 4.40 Å². The van der Waals surface area contributed by atoms with Crippen molar-refractivity contribution in [3.63, 3.8) is 0 Å². The minimum Gasteiger partial charge on any atom is -0.234 e. The van der Waals surface area contributed by atoms with Gasteiger partial charge in [-0.15, -0.1) is 0 Å². The third-order valence-corrected chi connectivity index (χ3v) is 3.73. The molecule has 0 amide bonds. The van der Waals surface area contributed by atoms with Crippen LogP contribution in [0.2, 0.25) is 5.02 Å². The highest BCUT2D eigenvalue weighted by molar-refractivity contribution is 7.85. The molecular weight excluding hydrogens is 299 g/mol. The van der Waals surface area contributed by atoms with E-state index in [4.69, 9.17) is 11.6 Å². The van der Waals surface area contributed by atoms with Gasteiger partial charge in [-0.25, -0.2) is 4.21 Å². The third kappa shape index (κ3) is 4.62. The molecule has 1 atom stereocenters. The molecule has 1 rings (SSSR count). The summed E-state index contributed by atoms with van der Waals surface area (Å²) in [6.07, 6.45) is -4.67. The second-order valence-electron chi connectivity index (χ2n) is 4.81. The van der Waals surface area contributed by atoms with E-state index in [1.165, 1.54) is 24.3 Å². The fourth-order valence-electron chi connectivity index (χ4n) is 1.10. The van der Waals surface area contributed by atoms with Crippen LogP contribution in [0, 0.1) is 0 Å². The van der Waals surface area contributed by atoms with Crippen LogP contribution in [0.15, 0.2) is 28.7 Å². The van der Waals surface area contributed by atoms with Gasteiger partial charge < -0.3 is 0 Å². The maximum atomic E-state index is 13.0. The van der Waals surface area contributed by atoms with Crippen LogP contribution in [-0.2, 0) is 11.0 Å². The molecule has 0 aromatic heterocycles. The standard InChI is InChI=1S/C12H13ClF3NOS/c1-11(2,3)19(18)17-10(12(14,15)16)8-4-6-9(13)7-5-8/h4-7H,1-3H3/b17-10-. The SMILES string of the molecule is CC(C)(C)S(=O)/N=C(/c1ccc(Cl)cc1)C(F)(F)F. The molecule has 0 aliphatic rings. The van der Waals surface area contributed by atoms with Gasteiger partial charge in [0.25, 0.3) is 0 Å². The first-order valence-corrected chi connectivity index (χ1v) is 6.84. The van der Waals surface area contributed by atoms with Crippen molar-refractivity contribution in [1.29, 1.82) is 0 Å². The van der Waals surface area contributed by atoms with Crippen molar-refractivity contribution in [2.75, 3.05) is 0 Å². The minimum atomic E-state index is -4.67. The molecule has 0 radical (unpaired) electrons. The van der Waals surface area contributed by atoms with Crippen molar-refractivity contribution in [2.45, 2.75) is 31.7 Å². The Hall–Kier alpha value is -0.880. The molecule has 0 aliphatic carbocycles. The second-order valence-corrected chi connectivity index (χ2v) is 7.15. The summed E-state index contributed by atoms with van der Waals surface area (Å²) in [5.74, 6) is 0. The number of alkyl halides is 3. The molecule has 106 valence electrons. The number of halogens is 4. The molecule has 19 heavy (non-hydrogen) atoms. The van der Waals surface area contributed by atoms with E-state index in [0.29, 0.717) is 5.02 Å². The molecule has 0 spiro atoms. The van der Waals surface area contributed by atoms with Gasteiger partial charge >= 0.3 is 6.18 Å². The first kappa shape index (κ1) is 16.2. The van der Waals surface area contributed by atoms with E-state index in [1.54, 1.807) is 20.8 Å². The predicted octanol–water partition coefficient (Wildman–Crippen LogP) is 4.15. The van der Waals surface area contributed by atoms with Crippen LogP contribution in [-0.4, -0.2) is 20.8 Å². The quantitative estimate of drug-likeness (QED) is 0.754. The molecule has 0 saturated heterocycles. The smallest absolute Gasteiger partial charge is 0.234 e. The third-order valence-electron chi connectivity index (χ3n) is 2.08. The summed E-state index contributed by atoms with van der Waals surface area (Å²) in [6, 6.07) is 5.07. The Morgan fingerprint density at radius 2 is 1.63 bits per heavy atom. The van der Waals surface area contributed by atoms with Gasteiger partial charge in [-0.2, -0.15) is 17.6 Å². The van der Waals surface area contributed by atoms with Gasteiger partial charge in [-0.3, -0.25) is 0 Å². The van der Waals surface area contributed by atoms with Crippen molar-refractivity contribution in [3.05, 3.63) is 34.9 Å². The number of rotatable bonds is 2. The maximum Gasteiger partial charge on any atom is 0.434 e. The zero-order chi connectivity index (χ0) is 14.8. The van der Waals surface area contributed by atoms with Gasteiger partial charge in [-0.05, 0) is 32.9 Å². The first-order chi connectivity index (χ1) is 8.51. The summed E-state index contributed by atoms with van der Waals surface area (Å²) >= 11 is 5.63. The molecular formula is C12H13ClF3NOS. The van der Waals surface area contributed by atoms with Gasteiger partial charge in [0.15, 0.2) is 5.71 Å². The van der Waals surface area contributed by atoms with E-state index in [9.17, 15) is 17.4 Å². The monoisotopic (exact) mass is 311 g/mol. The Morgan fingerprint density at radius 3 is 2.00 bits per heavy atom. The van der Waals surface area contributed by atoms with Gasteiger partial charge in [-0.1, -0.05) is 23.7 Å². The predicted molar refractivity (Wildman–Crippen MR) is 71.9 cm³/mol. The van der Waals surface area contributed by atoms with Crippen LogP contribution in [0.25, 0.3) is 0 Å². The lowest BCUT2D eigenvalue weighted by atomic mass is 10.1. The van der Waals surface area contributed by atoms with Crippen molar-refractivity contribution in [1.82, 2.24) is 0 Å². The fourth-order valence-corrected chi connectivity index (χ4v) is 1.87. The molecule has 0 saturated carbocycles. The zero-order valence-corrected chi connectivity index (χ0v) is 12.2. The second kappa shape index (κ2) is 5.63. The summed E-state index contributed by atoms with van der Waals surface area (Å²) < 4.78 is 53.1. The molecule has 0 fully saturated rings. The molecule has 0 heterocycles. The highest BCUT2D eigenvalue weighted by Crippen LogP contribution is 2.25. The summed E-state index contributed by atoms with van der Waals surface area (Å²) in [6.45, 7) is 4.67. The van der Waals surface area contributed by atoms with Gasteiger partial charge in [0.1, 0.15) is 11.0 Å². The molecule has 2 nitrogen and oxygen atoms in total. The Bertz CT molecular complexity index is 503. The average Bonchev–Trinajstić information content (AvgIpc) is 2.24. The Kier molecular flexibility index (Phi) is 4.79. The normalized spacial score (nSPS) is 15.4. The lowest BCUT2D eigenvalue weighted by molar-refractivity contribution is -0.0578. The number of hydrogen-bond acceptors (Lipinski definition) is 1. The molecule has 0 aliphatic heterocycles. The van der Waals surface area contributed by atoms with E-state index >= 15 is 0 Å². The average molecular weight is 312 g/mol. The van der Waals surface area contributed by atoms with E-state index in [0.717, 1.165) is 0 Å². The van der Waals surface area contributed by atoms with Gasteiger partial charge in [0, 0.05) is 10.6 Å². The molecule has 7 heteroatoms. The van der Waals surface area contributed by atoms with Gasteiger partial charge in [0.05, 0.1) is 4.75 Å². The highest BCUT2D eigenvalue weighted by atomic mass is 35.5.